The van der Waals surface area contributed by atoms with E-state index < -0.39 is 0 Å². The highest BCUT2D eigenvalue weighted by Crippen LogP contribution is 2.33. The summed E-state index contributed by atoms with van der Waals surface area (Å²) in [6.45, 7) is 7.02. The van der Waals surface area contributed by atoms with E-state index in [0.717, 1.165) is 34.5 Å². The van der Waals surface area contributed by atoms with E-state index in [-0.39, 0.29) is 5.41 Å². The van der Waals surface area contributed by atoms with Crippen LogP contribution in [0.3, 0.4) is 0 Å². The van der Waals surface area contributed by atoms with E-state index in [1.165, 1.54) is 5.56 Å². The first kappa shape index (κ1) is 15.6. The number of nitrogens with two attached hydrogens (primary N) is 1. The van der Waals surface area contributed by atoms with Crippen LogP contribution in [0.1, 0.15) is 25.1 Å². The quantitative estimate of drug-likeness (QED) is 0.918. The lowest BCUT2D eigenvalue weighted by atomic mass is 9.87. The van der Waals surface area contributed by atoms with Crippen molar-refractivity contribution in [3.05, 3.63) is 29.5 Å². The fourth-order valence-electron chi connectivity index (χ4n) is 2.43. The zero-order valence-corrected chi connectivity index (χ0v) is 13.5. The van der Waals surface area contributed by atoms with E-state index in [9.17, 15) is 0 Å². The number of hydrogen-bond acceptors (Lipinski definition) is 4. The molecule has 0 saturated heterocycles. The highest BCUT2D eigenvalue weighted by atomic mass is 16.5. The number of aromatic nitrogens is 1. The number of hydrogen-bond donors (Lipinski definition) is 1. The van der Waals surface area contributed by atoms with Gasteiger partial charge in [-0.25, -0.2) is 4.98 Å². The van der Waals surface area contributed by atoms with Gasteiger partial charge in [0.05, 0.1) is 14.2 Å². The van der Waals surface area contributed by atoms with Crippen molar-refractivity contribution in [1.29, 1.82) is 0 Å². The molecule has 0 aliphatic rings. The Bertz CT molecular complexity index is 651. The number of methoxy groups -OCH3 is 2. The Morgan fingerprint density at radius 2 is 1.86 bits per heavy atom. The maximum absolute atomic E-state index is 5.83. The first-order valence-electron chi connectivity index (χ1n) is 7.12. The van der Waals surface area contributed by atoms with E-state index in [4.69, 9.17) is 20.2 Å². The zero-order valence-electron chi connectivity index (χ0n) is 13.5. The van der Waals surface area contributed by atoms with Crippen LogP contribution in [0.5, 0.6) is 11.5 Å². The van der Waals surface area contributed by atoms with Crippen LogP contribution in [0, 0.1) is 12.3 Å². The molecule has 0 aliphatic carbocycles. The molecular formula is C17H24N2O2. The molecule has 1 heterocycles. The molecule has 114 valence electrons. The summed E-state index contributed by atoms with van der Waals surface area (Å²) >= 11 is 0. The number of pyridine rings is 1. The smallest absolute Gasteiger partial charge is 0.148 e. The molecule has 21 heavy (non-hydrogen) atoms. The van der Waals surface area contributed by atoms with E-state index >= 15 is 0 Å². The van der Waals surface area contributed by atoms with E-state index in [1.807, 2.05) is 12.1 Å². The predicted molar refractivity (Wildman–Crippen MR) is 86.1 cm³/mol. The predicted octanol–water partition coefficient (Wildman–Crippen LogP) is 3.09. The summed E-state index contributed by atoms with van der Waals surface area (Å²) in [7, 11) is 3.31. The molecule has 0 amide bonds. The van der Waals surface area contributed by atoms with Crippen LogP contribution in [-0.4, -0.2) is 25.7 Å². The number of fused-ring (bicyclic) bond motifs is 1. The van der Waals surface area contributed by atoms with Crippen LogP contribution in [-0.2, 0) is 6.42 Å². The summed E-state index contributed by atoms with van der Waals surface area (Å²) in [4.78, 5) is 4.78. The van der Waals surface area contributed by atoms with Crippen LogP contribution in [0.25, 0.3) is 10.9 Å². The van der Waals surface area contributed by atoms with Gasteiger partial charge in [0.1, 0.15) is 17.0 Å². The Morgan fingerprint density at radius 1 is 1.14 bits per heavy atom. The first-order valence-corrected chi connectivity index (χ1v) is 7.12. The molecule has 2 N–H and O–H groups in total. The Balaban J connectivity index is 2.59. The fraction of sp³-hybridized carbons (Fsp3) is 0.471. The van der Waals surface area contributed by atoms with Gasteiger partial charge >= 0.3 is 0 Å². The van der Waals surface area contributed by atoms with Gasteiger partial charge in [0.15, 0.2) is 0 Å². The molecule has 4 heteroatoms. The number of ether oxygens (including phenoxy) is 2. The van der Waals surface area contributed by atoms with Crippen molar-refractivity contribution >= 4 is 10.9 Å². The topological polar surface area (TPSA) is 57.4 Å². The molecule has 1 aromatic carbocycles. The molecular weight excluding hydrogens is 264 g/mol. The summed E-state index contributed by atoms with van der Waals surface area (Å²) in [5.74, 6) is 1.51. The molecule has 0 atom stereocenters. The fourth-order valence-corrected chi connectivity index (χ4v) is 2.43. The van der Waals surface area contributed by atoms with Gasteiger partial charge in [0.25, 0.3) is 0 Å². The Kier molecular flexibility index (Phi) is 4.37. The minimum atomic E-state index is 0.0345. The third-order valence-corrected chi connectivity index (χ3v) is 3.78. The second-order valence-electron chi connectivity index (χ2n) is 6.20. The van der Waals surface area contributed by atoms with Crippen LogP contribution in [0.2, 0.25) is 0 Å². The lowest BCUT2D eigenvalue weighted by Crippen LogP contribution is -2.26. The number of nitrogens with zero attached hydrogens (tertiary/aromatic N) is 1. The van der Waals surface area contributed by atoms with Crippen molar-refractivity contribution in [3.63, 3.8) is 0 Å². The molecule has 0 saturated carbocycles. The minimum absolute atomic E-state index is 0.0345. The van der Waals surface area contributed by atoms with Gasteiger partial charge < -0.3 is 15.2 Å². The summed E-state index contributed by atoms with van der Waals surface area (Å²) in [6, 6.07) is 5.99. The van der Waals surface area contributed by atoms with Gasteiger partial charge in [-0.05, 0) is 43.0 Å². The number of aryl methyl sites for hydroxylation is 1. The van der Waals surface area contributed by atoms with Crippen LogP contribution in [0.4, 0.5) is 0 Å². The normalized spacial score (nSPS) is 11.7. The second kappa shape index (κ2) is 5.90. The van der Waals surface area contributed by atoms with Gasteiger partial charge in [0.2, 0.25) is 0 Å². The molecule has 1 aromatic heterocycles. The molecule has 0 unspecified atom stereocenters. The highest BCUT2D eigenvalue weighted by molar-refractivity contribution is 5.89. The summed E-state index contributed by atoms with van der Waals surface area (Å²) in [5, 5.41) is 1.06. The van der Waals surface area contributed by atoms with E-state index in [2.05, 4.69) is 26.8 Å². The maximum Gasteiger partial charge on any atom is 0.148 e. The molecule has 0 radical (unpaired) electrons. The van der Waals surface area contributed by atoms with E-state index in [0.29, 0.717) is 6.54 Å². The molecule has 0 fully saturated rings. The van der Waals surface area contributed by atoms with Crippen molar-refractivity contribution in [3.8, 4) is 11.5 Å². The molecule has 0 aliphatic heterocycles. The highest BCUT2D eigenvalue weighted by Gasteiger charge is 2.19. The standard InChI is InChI=1S/C17H24N2O2/c1-11-6-12(9-17(2,3)10-18)19-16-14(11)7-13(20-4)8-15(16)21-5/h6-8H,9-10,18H2,1-5H3. The van der Waals surface area contributed by atoms with Crippen LogP contribution < -0.4 is 15.2 Å². The Morgan fingerprint density at radius 3 is 2.43 bits per heavy atom. The number of benzene rings is 1. The van der Waals surface area contributed by atoms with Gasteiger partial charge in [-0.2, -0.15) is 0 Å². The van der Waals surface area contributed by atoms with Gasteiger partial charge in [-0.15, -0.1) is 0 Å². The van der Waals surface area contributed by atoms with Crippen molar-refractivity contribution in [1.82, 2.24) is 4.98 Å². The van der Waals surface area contributed by atoms with Crippen molar-refractivity contribution in [2.45, 2.75) is 27.2 Å². The SMILES string of the molecule is COc1cc(OC)c2nc(CC(C)(C)CN)cc(C)c2c1. The van der Waals surface area contributed by atoms with Crippen LogP contribution in [0.15, 0.2) is 18.2 Å². The number of rotatable bonds is 5. The second-order valence-corrected chi connectivity index (χ2v) is 6.20. The van der Waals surface area contributed by atoms with Crippen molar-refractivity contribution in [2.24, 2.45) is 11.1 Å². The van der Waals surface area contributed by atoms with Gasteiger partial charge in [0, 0.05) is 17.1 Å². The Hall–Kier alpha value is -1.81. The van der Waals surface area contributed by atoms with Crippen molar-refractivity contribution < 1.29 is 9.47 Å². The van der Waals surface area contributed by atoms with Crippen molar-refractivity contribution in [2.75, 3.05) is 20.8 Å². The lowest BCUT2D eigenvalue weighted by molar-refractivity contribution is 0.372. The lowest BCUT2D eigenvalue weighted by Gasteiger charge is -2.22. The summed E-state index contributed by atoms with van der Waals surface area (Å²) < 4.78 is 10.8. The Labute approximate surface area is 126 Å². The largest absolute Gasteiger partial charge is 0.497 e. The third kappa shape index (κ3) is 3.27. The third-order valence-electron chi connectivity index (χ3n) is 3.78. The summed E-state index contributed by atoms with van der Waals surface area (Å²) in [5.41, 5.74) is 8.95. The van der Waals surface area contributed by atoms with Gasteiger partial charge in [-0.3, -0.25) is 0 Å². The molecule has 2 aromatic rings. The first-order chi connectivity index (χ1) is 9.90. The monoisotopic (exact) mass is 288 g/mol. The van der Waals surface area contributed by atoms with Gasteiger partial charge in [-0.1, -0.05) is 13.8 Å². The molecule has 0 spiro atoms. The average Bonchev–Trinajstić information content (AvgIpc) is 2.46. The molecule has 2 rings (SSSR count). The maximum atomic E-state index is 5.83. The van der Waals surface area contributed by atoms with Crippen LogP contribution >= 0.6 is 0 Å². The minimum Gasteiger partial charge on any atom is -0.497 e. The van der Waals surface area contributed by atoms with E-state index in [1.54, 1.807) is 14.2 Å². The molecule has 0 bridgehead atoms. The molecule has 4 nitrogen and oxygen atoms in total. The average molecular weight is 288 g/mol. The summed E-state index contributed by atoms with van der Waals surface area (Å²) in [6.07, 6.45) is 0.843. The zero-order chi connectivity index (χ0) is 15.6.